The summed E-state index contributed by atoms with van der Waals surface area (Å²) in [5.74, 6) is 0.0390. The Morgan fingerprint density at radius 3 is 2.36 bits per heavy atom. The highest BCUT2D eigenvalue weighted by atomic mass is 32.1. The van der Waals surface area contributed by atoms with Gasteiger partial charge in [0.15, 0.2) is 0 Å². The highest BCUT2D eigenvalue weighted by Gasteiger charge is 2.03. The first kappa shape index (κ1) is 10.8. The predicted molar refractivity (Wildman–Crippen MR) is 51.1 cm³/mol. The van der Waals surface area contributed by atoms with E-state index in [-0.39, 0.29) is 5.75 Å². The first-order chi connectivity index (χ1) is 6.58. The number of halogens is 2. The van der Waals surface area contributed by atoms with Gasteiger partial charge in [-0.05, 0) is 24.3 Å². The average molecular weight is 219 g/mol. The van der Waals surface area contributed by atoms with Crippen molar-refractivity contribution in [2.75, 3.05) is 5.32 Å². The Morgan fingerprint density at radius 2 is 1.93 bits per heavy atom. The van der Waals surface area contributed by atoms with E-state index in [0.717, 1.165) is 0 Å². The lowest BCUT2D eigenvalue weighted by Crippen LogP contribution is -2.03. The summed E-state index contributed by atoms with van der Waals surface area (Å²) in [6.07, 6.45) is 0. The van der Waals surface area contributed by atoms with Gasteiger partial charge in [-0.2, -0.15) is 8.78 Å². The Kier molecular flexibility index (Phi) is 3.70. The lowest BCUT2D eigenvalue weighted by Gasteiger charge is -2.05. The fourth-order valence-electron chi connectivity index (χ4n) is 0.843. The number of hydrogen-bond donors (Lipinski definition) is 2. The normalized spacial score (nSPS) is 10.0. The molecule has 0 saturated heterocycles. The molecule has 0 saturated carbocycles. The van der Waals surface area contributed by atoms with Gasteiger partial charge in [-0.3, -0.25) is 4.79 Å². The Hall–Kier alpha value is -1.30. The van der Waals surface area contributed by atoms with Crippen molar-refractivity contribution < 1.29 is 18.3 Å². The van der Waals surface area contributed by atoms with Gasteiger partial charge < -0.3 is 10.1 Å². The molecule has 0 aliphatic heterocycles. The van der Waals surface area contributed by atoms with Crippen molar-refractivity contribution >= 4 is 23.6 Å². The summed E-state index contributed by atoms with van der Waals surface area (Å²) in [6, 6.07) is 5.52. The number of amides is 1. The zero-order valence-electron chi connectivity index (χ0n) is 6.91. The van der Waals surface area contributed by atoms with Crippen LogP contribution in [-0.4, -0.2) is 11.9 Å². The molecule has 0 aromatic heterocycles. The molecule has 1 N–H and O–H groups in total. The number of benzene rings is 1. The van der Waals surface area contributed by atoms with Crippen LogP contribution >= 0.6 is 12.6 Å². The van der Waals surface area contributed by atoms with Gasteiger partial charge in [-0.15, -0.1) is 0 Å². The maximum absolute atomic E-state index is 11.7. The van der Waals surface area contributed by atoms with Crippen molar-refractivity contribution in [2.45, 2.75) is 6.61 Å². The SMILES string of the molecule is O=C(S)Nc1ccc(OC(F)F)cc1. The first-order valence-corrected chi connectivity index (χ1v) is 4.07. The number of nitrogens with one attached hydrogen (secondary N) is 1. The third-order valence-corrected chi connectivity index (χ3v) is 1.44. The van der Waals surface area contributed by atoms with E-state index in [4.69, 9.17) is 0 Å². The molecule has 14 heavy (non-hydrogen) atoms. The number of carbonyl (C=O) groups is 1. The van der Waals surface area contributed by atoms with Gasteiger partial charge in [0.1, 0.15) is 5.75 Å². The second-order valence-electron chi connectivity index (χ2n) is 2.33. The van der Waals surface area contributed by atoms with Gasteiger partial charge in [-0.1, -0.05) is 12.6 Å². The van der Waals surface area contributed by atoms with Crippen LogP contribution in [0.4, 0.5) is 19.3 Å². The van der Waals surface area contributed by atoms with Crippen LogP contribution in [0.1, 0.15) is 0 Å². The number of rotatable bonds is 3. The summed E-state index contributed by atoms with van der Waals surface area (Å²) < 4.78 is 27.6. The van der Waals surface area contributed by atoms with E-state index in [2.05, 4.69) is 22.7 Å². The molecule has 0 aliphatic carbocycles. The fourth-order valence-corrected chi connectivity index (χ4v) is 0.972. The molecule has 1 rings (SSSR count). The van der Waals surface area contributed by atoms with E-state index < -0.39 is 11.9 Å². The van der Waals surface area contributed by atoms with Crippen LogP contribution in [-0.2, 0) is 0 Å². The minimum Gasteiger partial charge on any atom is -0.435 e. The Balaban J connectivity index is 2.63. The molecule has 0 heterocycles. The van der Waals surface area contributed by atoms with E-state index in [0.29, 0.717) is 5.69 Å². The Labute approximate surface area is 84.5 Å². The average Bonchev–Trinajstić information content (AvgIpc) is 2.06. The van der Waals surface area contributed by atoms with Crippen LogP contribution in [0.3, 0.4) is 0 Å². The van der Waals surface area contributed by atoms with Crippen LogP contribution in [0.5, 0.6) is 5.75 Å². The minimum absolute atomic E-state index is 0.0390. The van der Waals surface area contributed by atoms with Gasteiger partial charge in [0.2, 0.25) is 0 Å². The summed E-state index contributed by atoms with van der Waals surface area (Å²) in [4.78, 5) is 10.5. The van der Waals surface area contributed by atoms with Gasteiger partial charge in [0.25, 0.3) is 5.24 Å². The van der Waals surface area contributed by atoms with Crippen LogP contribution in [0, 0.1) is 0 Å². The largest absolute Gasteiger partial charge is 0.435 e. The third-order valence-electron chi connectivity index (χ3n) is 1.33. The van der Waals surface area contributed by atoms with Crippen LogP contribution in [0.2, 0.25) is 0 Å². The smallest absolute Gasteiger partial charge is 0.387 e. The summed E-state index contributed by atoms with van der Waals surface area (Å²) in [5.41, 5.74) is 0.464. The van der Waals surface area contributed by atoms with Gasteiger partial charge in [0, 0.05) is 5.69 Å². The molecular formula is C8H7F2NO2S. The second-order valence-corrected chi connectivity index (χ2v) is 2.74. The van der Waals surface area contributed by atoms with Crippen molar-refractivity contribution in [3.8, 4) is 5.75 Å². The van der Waals surface area contributed by atoms with Crippen molar-refractivity contribution in [1.29, 1.82) is 0 Å². The van der Waals surface area contributed by atoms with Crippen molar-refractivity contribution in [2.24, 2.45) is 0 Å². The quantitative estimate of drug-likeness (QED) is 0.767. The summed E-state index contributed by atoms with van der Waals surface area (Å²) in [6.45, 7) is -2.85. The van der Waals surface area contributed by atoms with E-state index in [1.807, 2.05) is 0 Å². The molecule has 6 heteroatoms. The van der Waals surface area contributed by atoms with Crippen LogP contribution in [0.15, 0.2) is 24.3 Å². The number of hydrogen-bond acceptors (Lipinski definition) is 2. The summed E-state index contributed by atoms with van der Waals surface area (Å²) in [5, 5.41) is 1.85. The highest BCUT2D eigenvalue weighted by molar-refractivity contribution is 7.96. The topological polar surface area (TPSA) is 38.3 Å². The number of thiol groups is 1. The van der Waals surface area contributed by atoms with Crippen LogP contribution < -0.4 is 10.1 Å². The number of anilines is 1. The molecule has 76 valence electrons. The molecule has 1 amide bonds. The summed E-state index contributed by atoms with van der Waals surface area (Å²) >= 11 is 3.49. The van der Waals surface area contributed by atoms with E-state index >= 15 is 0 Å². The summed E-state index contributed by atoms with van der Waals surface area (Å²) in [7, 11) is 0. The van der Waals surface area contributed by atoms with Gasteiger partial charge >= 0.3 is 6.61 Å². The van der Waals surface area contributed by atoms with Gasteiger partial charge in [-0.25, -0.2) is 0 Å². The molecule has 0 spiro atoms. The van der Waals surface area contributed by atoms with Crippen molar-refractivity contribution in [3.05, 3.63) is 24.3 Å². The minimum atomic E-state index is -2.85. The molecule has 0 radical (unpaired) electrons. The van der Waals surface area contributed by atoms with E-state index in [9.17, 15) is 13.6 Å². The van der Waals surface area contributed by atoms with Crippen molar-refractivity contribution in [3.63, 3.8) is 0 Å². The van der Waals surface area contributed by atoms with Gasteiger partial charge in [0.05, 0.1) is 0 Å². The lowest BCUT2D eigenvalue weighted by molar-refractivity contribution is -0.0498. The molecular weight excluding hydrogens is 212 g/mol. The molecule has 0 bridgehead atoms. The van der Waals surface area contributed by atoms with E-state index in [1.165, 1.54) is 24.3 Å². The predicted octanol–water partition coefficient (Wildman–Crippen LogP) is 2.75. The number of ether oxygens (including phenoxy) is 1. The molecule has 0 unspecified atom stereocenters. The molecule has 0 aliphatic rings. The highest BCUT2D eigenvalue weighted by Crippen LogP contribution is 2.17. The zero-order chi connectivity index (χ0) is 10.6. The molecule has 0 fully saturated rings. The maximum atomic E-state index is 11.7. The number of carbonyl (C=O) groups excluding carboxylic acids is 1. The van der Waals surface area contributed by atoms with Crippen molar-refractivity contribution in [1.82, 2.24) is 0 Å². The molecule has 1 aromatic carbocycles. The zero-order valence-corrected chi connectivity index (χ0v) is 7.80. The lowest BCUT2D eigenvalue weighted by atomic mass is 10.3. The van der Waals surface area contributed by atoms with E-state index in [1.54, 1.807) is 0 Å². The molecule has 3 nitrogen and oxygen atoms in total. The second kappa shape index (κ2) is 4.80. The third kappa shape index (κ3) is 3.61. The van der Waals surface area contributed by atoms with Crippen LogP contribution in [0.25, 0.3) is 0 Å². The Morgan fingerprint density at radius 1 is 1.36 bits per heavy atom. The maximum Gasteiger partial charge on any atom is 0.387 e. The molecule has 1 aromatic rings. The first-order valence-electron chi connectivity index (χ1n) is 3.63. The molecule has 0 atom stereocenters. The number of alkyl halides is 2. The standard InChI is InChI=1S/C8H7F2NO2S/c9-7(10)13-6-3-1-5(2-4-6)11-8(12)14/h1-4,7H,(H2,11,12,14). The monoisotopic (exact) mass is 219 g/mol. The Bertz CT molecular complexity index is 316. The fraction of sp³-hybridized carbons (Fsp3) is 0.125.